The molecule has 1 saturated heterocycles. The summed E-state index contributed by atoms with van der Waals surface area (Å²) in [6.45, 7) is 8.31. The van der Waals surface area contributed by atoms with Crippen LogP contribution in [0.15, 0.2) is 27.6 Å². The summed E-state index contributed by atoms with van der Waals surface area (Å²) in [4.78, 5) is 26.4. The van der Waals surface area contributed by atoms with Crippen LogP contribution >= 0.6 is 0 Å². The van der Waals surface area contributed by atoms with Gasteiger partial charge in [-0.1, -0.05) is 13.8 Å². The van der Waals surface area contributed by atoms with E-state index in [1.54, 1.807) is 6.26 Å². The van der Waals surface area contributed by atoms with Crippen LogP contribution in [0.5, 0.6) is 0 Å². The minimum atomic E-state index is -0.682. The summed E-state index contributed by atoms with van der Waals surface area (Å²) in [5.41, 5.74) is 0.0614. The minimum absolute atomic E-state index is 0.185. The second kappa shape index (κ2) is 9.96. The number of nitrogens with one attached hydrogen (secondary N) is 1. The van der Waals surface area contributed by atoms with E-state index < -0.39 is 5.60 Å². The molecule has 1 aliphatic heterocycles. The lowest BCUT2D eigenvalue weighted by molar-refractivity contribution is -0.202. The molecule has 0 aromatic carbocycles. The number of likely N-dealkylation sites (tertiary alicyclic amines) is 1. The zero-order valence-electron chi connectivity index (χ0n) is 23.3. The number of hydrogen-bond acceptors (Lipinski definition) is 6. The molecule has 7 heteroatoms. The van der Waals surface area contributed by atoms with Crippen LogP contribution < -0.4 is 10.9 Å². The maximum atomic E-state index is 12.5. The van der Waals surface area contributed by atoms with Crippen LogP contribution in [0.3, 0.4) is 0 Å². The molecular formula is C31H46N2O5. The summed E-state index contributed by atoms with van der Waals surface area (Å²) in [6.07, 6.45) is 13.0. The van der Waals surface area contributed by atoms with Crippen molar-refractivity contribution in [3.63, 3.8) is 0 Å². The van der Waals surface area contributed by atoms with Crippen LogP contribution in [0.2, 0.25) is 0 Å². The van der Waals surface area contributed by atoms with E-state index in [0.29, 0.717) is 24.4 Å². The third kappa shape index (κ3) is 4.32. The molecule has 5 aliphatic rings. The van der Waals surface area contributed by atoms with Gasteiger partial charge in [0, 0.05) is 24.1 Å². The van der Waals surface area contributed by atoms with E-state index in [0.717, 1.165) is 83.0 Å². The Hall–Kier alpha value is -1.86. The predicted molar refractivity (Wildman–Crippen MR) is 145 cm³/mol. The summed E-state index contributed by atoms with van der Waals surface area (Å²) in [7, 11) is 0. The molecule has 0 bridgehead atoms. The third-order valence-corrected chi connectivity index (χ3v) is 12.1. The second-order valence-electron chi connectivity index (χ2n) is 13.7. The topological polar surface area (TPSA) is 92.0 Å². The Balaban J connectivity index is 1.09. The molecule has 2 heterocycles. The summed E-state index contributed by atoms with van der Waals surface area (Å²) in [5.74, 6) is 1.61. The first-order valence-corrected chi connectivity index (χ1v) is 15.2. The zero-order chi connectivity index (χ0) is 26.5. The van der Waals surface area contributed by atoms with Crippen LogP contribution in [0.1, 0.15) is 96.0 Å². The molecule has 6 rings (SSSR count). The summed E-state index contributed by atoms with van der Waals surface area (Å²) in [5, 5.41) is 15.6. The molecule has 2 N–H and O–H groups in total. The lowest BCUT2D eigenvalue weighted by atomic mass is 9.43. The van der Waals surface area contributed by atoms with Crippen molar-refractivity contribution < 1.29 is 19.1 Å². The van der Waals surface area contributed by atoms with Gasteiger partial charge in [0.15, 0.2) is 0 Å². The quantitative estimate of drug-likeness (QED) is 0.557. The van der Waals surface area contributed by atoms with Gasteiger partial charge in [-0.05, 0) is 124 Å². The maximum absolute atomic E-state index is 12.5. The summed E-state index contributed by atoms with van der Waals surface area (Å²) >= 11 is 0. The smallest absolute Gasteiger partial charge is 0.407 e. The fourth-order valence-electron chi connectivity index (χ4n) is 9.94. The number of rotatable bonds is 5. The first kappa shape index (κ1) is 26.4. The molecule has 38 heavy (non-hydrogen) atoms. The van der Waals surface area contributed by atoms with Crippen molar-refractivity contribution in [3.05, 3.63) is 34.4 Å². The van der Waals surface area contributed by atoms with Crippen molar-refractivity contribution in [2.24, 2.45) is 28.6 Å². The Morgan fingerprint density at radius 1 is 1.08 bits per heavy atom. The van der Waals surface area contributed by atoms with Crippen molar-refractivity contribution >= 4 is 6.09 Å². The van der Waals surface area contributed by atoms with Crippen LogP contribution in [-0.4, -0.2) is 54.0 Å². The molecule has 4 saturated carbocycles. The lowest BCUT2D eigenvalue weighted by Crippen LogP contribution is -2.62. The largest absolute Gasteiger partial charge is 0.448 e. The third-order valence-electron chi connectivity index (χ3n) is 12.1. The van der Waals surface area contributed by atoms with Gasteiger partial charge in [-0.3, -0.25) is 4.90 Å². The van der Waals surface area contributed by atoms with Gasteiger partial charge in [0.25, 0.3) is 0 Å². The number of alkyl carbamates (subject to hydrolysis) is 1. The number of carbonyl (C=O) groups excluding carboxylic acids is 1. The van der Waals surface area contributed by atoms with Gasteiger partial charge in [0.05, 0.1) is 11.9 Å². The molecule has 0 spiro atoms. The van der Waals surface area contributed by atoms with Crippen LogP contribution in [0.25, 0.3) is 0 Å². The van der Waals surface area contributed by atoms with Crippen molar-refractivity contribution in [1.82, 2.24) is 10.2 Å². The van der Waals surface area contributed by atoms with Crippen LogP contribution in [0.4, 0.5) is 4.79 Å². The Labute approximate surface area is 226 Å². The van der Waals surface area contributed by atoms with E-state index in [2.05, 4.69) is 24.1 Å². The first-order valence-electron chi connectivity index (χ1n) is 15.2. The maximum Gasteiger partial charge on any atom is 0.407 e. The average Bonchev–Trinajstić information content (AvgIpc) is 3.51. The Morgan fingerprint density at radius 3 is 2.66 bits per heavy atom. The minimum Gasteiger partial charge on any atom is -0.448 e. The Morgan fingerprint density at radius 2 is 1.89 bits per heavy atom. The lowest BCUT2D eigenvalue weighted by Gasteiger charge is -2.63. The summed E-state index contributed by atoms with van der Waals surface area (Å²) in [6, 6.07) is 3.61. The SMILES string of the molecule is C[C@]12CC[C@H](NC(=O)OCCN3CCCC3)C[C@H]1CC[C@@H]1[C@@H]2CC[C@]2(C)[C@@H](c3ccc(=O)oc3)CC[C@]12O. The normalized spacial score (nSPS) is 42.7. The first-order chi connectivity index (χ1) is 18.2. The second-order valence-corrected chi connectivity index (χ2v) is 13.7. The van der Waals surface area contributed by atoms with Crippen LogP contribution in [0, 0.1) is 28.6 Å². The molecule has 5 fully saturated rings. The van der Waals surface area contributed by atoms with E-state index in [9.17, 15) is 14.7 Å². The molecule has 1 amide bonds. The standard InChI is InChI=1S/C31H46N2O5/c1-29-12-9-23(32-28(35)37-18-17-33-15-3-4-16-33)19-22(29)6-7-26-25(29)10-13-30(2)24(11-14-31(26,30)36)21-5-8-27(34)38-20-21/h5,8,20,22-26,36H,3-4,6-7,9-19H2,1-2H3,(H,32,35)/t22-,23+,24-,25+,26-,29+,30-,31+/m1/s1. The number of amides is 1. The zero-order valence-corrected chi connectivity index (χ0v) is 23.3. The monoisotopic (exact) mass is 526 g/mol. The van der Waals surface area contributed by atoms with E-state index in [-0.39, 0.29) is 34.5 Å². The molecule has 210 valence electrons. The number of hydrogen-bond donors (Lipinski definition) is 2. The van der Waals surface area contributed by atoms with Crippen LogP contribution in [-0.2, 0) is 4.74 Å². The molecule has 1 aromatic heterocycles. The molecule has 0 radical (unpaired) electrons. The Bertz CT molecular complexity index is 1060. The van der Waals surface area contributed by atoms with Gasteiger partial charge < -0.3 is 19.6 Å². The number of carbonyl (C=O) groups is 1. The highest BCUT2D eigenvalue weighted by Crippen LogP contribution is 2.70. The van der Waals surface area contributed by atoms with Crippen molar-refractivity contribution in [3.8, 4) is 0 Å². The molecule has 7 nitrogen and oxygen atoms in total. The molecule has 1 aromatic rings. The molecule has 4 aliphatic carbocycles. The fraction of sp³-hybridized carbons (Fsp3) is 0.806. The summed E-state index contributed by atoms with van der Waals surface area (Å²) < 4.78 is 10.8. The highest BCUT2D eigenvalue weighted by molar-refractivity contribution is 5.67. The highest BCUT2D eigenvalue weighted by atomic mass is 16.5. The van der Waals surface area contributed by atoms with E-state index in [4.69, 9.17) is 9.15 Å². The highest BCUT2D eigenvalue weighted by Gasteiger charge is 2.67. The van der Waals surface area contributed by atoms with Gasteiger partial charge in [0.2, 0.25) is 0 Å². The molecule has 8 atom stereocenters. The van der Waals surface area contributed by atoms with E-state index in [1.807, 2.05) is 6.07 Å². The fourth-order valence-corrected chi connectivity index (χ4v) is 9.94. The van der Waals surface area contributed by atoms with E-state index >= 15 is 0 Å². The van der Waals surface area contributed by atoms with Gasteiger partial charge in [-0.25, -0.2) is 9.59 Å². The van der Waals surface area contributed by atoms with Gasteiger partial charge in [-0.15, -0.1) is 0 Å². The van der Waals surface area contributed by atoms with Gasteiger partial charge in [0.1, 0.15) is 6.61 Å². The number of nitrogens with zero attached hydrogens (tertiary/aromatic N) is 1. The molecular weight excluding hydrogens is 480 g/mol. The van der Waals surface area contributed by atoms with Crippen molar-refractivity contribution in [2.45, 2.75) is 102 Å². The number of aliphatic hydroxyl groups is 1. The van der Waals surface area contributed by atoms with Gasteiger partial charge >= 0.3 is 11.7 Å². The van der Waals surface area contributed by atoms with E-state index in [1.165, 1.54) is 18.9 Å². The predicted octanol–water partition coefficient (Wildman–Crippen LogP) is 5.07. The number of fused-ring (bicyclic) bond motifs is 5. The molecule has 0 unspecified atom stereocenters. The Kier molecular flexibility index (Phi) is 6.91. The van der Waals surface area contributed by atoms with Gasteiger partial charge in [-0.2, -0.15) is 0 Å². The van der Waals surface area contributed by atoms with Crippen molar-refractivity contribution in [2.75, 3.05) is 26.2 Å². The average molecular weight is 527 g/mol. The number of ether oxygens (including phenoxy) is 1. The van der Waals surface area contributed by atoms with Crippen molar-refractivity contribution in [1.29, 1.82) is 0 Å².